The number of hydrogen-bond acceptors (Lipinski definition) is 3. The fourth-order valence-electron chi connectivity index (χ4n) is 3.17. The minimum atomic E-state index is -2.91. The largest absolute Gasteiger partial charge is 0.434 e. The number of ether oxygens (including phenoxy) is 1. The van der Waals surface area contributed by atoms with Crippen molar-refractivity contribution < 1.29 is 18.3 Å². The summed E-state index contributed by atoms with van der Waals surface area (Å²) in [6.07, 6.45) is 1.64. The van der Waals surface area contributed by atoms with Crippen LogP contribution in [0.1, 0.15) is 39.2 Å². The Labute approximate surface area is 198 Å². The van der Waals surface area contributed by atoms with Gasteiger partial charge in [-0.15, -0.1) is 24.0 Å². The van der Waals surface area contributed by atoms with Gasteiger partial charge in [-0.2, -0.15) is 8.78 Å². The molecule has 1 amide bonds. The van der Waals surface area contributed by atoms with E-state index in [2.05, 4.69) is 20.4 Å². The van der Waals surface area contributed by atoms with Crippen LogP contribution in [0.25, 0.3) is 0 Å². The third kappa shape index (κ3) is 8.41. The Kier molecular flexibility index (Phi) is 11.7. The van der Waals surface area contributed by atoms with Crippen LogP contribution < -0.4 is 15.4 Å². The normalized spacial score (nSPS) is 15.2. The van der Waals surface area contributed by atoms with Gasteiger partial charge in [0.25, 0.3) is 0 Å². The first-order valence-corrected chi connectivity index (χ1v) is 10.2. The molecule has 0 spiro atoms. The number of guanidine groups is 1. The second kappa shape index (κ2) is 13.1. The van der Waals surface area contributed by atoms with Crippen LogP contribution in [0, 0.1) is 5.92 Å². The number of hydrogen-bond donors (Lipinski definition) is 2. The minimum Gasteiger partial charge on any atom is -0.434 e. The fraction of sp³-hybridized carbons (Fsp3) is 0.600. The molecule has 0 saturated carbocycles. The Bertz CT molecular complexity index is 714. The number of amides is 1. The minimum absolute atomic E-state index is 0. The maximum absolute atomic E-state index is 12.6. The molecule has 2 rings (SSSR count). The van der Waals surface area contributed by atoms with E-state index in [1.165, 1.54) is 12.1 Å². The highest BCUT2D eigenvalue weighted by molar-refractivity contribution is 14.0. The van der Waals surface area contributed by atoms with E-state index < -0.39 is 6.61 Å². The quantitative estimate of drug-likeness (QED) is 0.298. The maximum atomic E-state index is 12.6. The summed E-state index contributed by atoms with van der Waals surface area (Å²) >= 11 is 5.99. The Balaban J connectivity index is 0.00000450. The van der Waals surface area contributed by atoms with Gasteiger partial charge in [0.15, 0.2) is 5.96 Å². The summed E-state index contributed by atoms with van der Waals surface area (Å²) in [6.45, 7) is 5.06. The van der Waals surface area contributed by atoms with E-state index in [4.69, 9.17) is 11.6 Å². The lowest BCUT2D eigenvalue weighted by atomic mass is 10.0. The second-order valence-corrected chi connectivity index (χ2v) is 7.66. The second-order valence-electron chi connectivity index (χ2n) is 7.22. The van der Waals surface area contributed by atoms with Gasteiger partial charge < -0.3 is 20.3 Å². The SMILES string of the molecule is CCNC(=NCc1cc(Cl)ccc1OC(F)F)NC1CCN(C(=O)C(C)C)CC1.I. The molecule has 2 N–H and O–H groups in total. The molecule has 1 aliphatic heterocycles. The summed E-state index contributed by atoms with van der Waals surface area (Å²) in [7, 11) is 0. The molecule has 0 atom stereocenters. The predicted octanol–water partition coefficient (Wildman–Crippen LogP) is 4.26. The zero-order valence-corrected chi connectivity index (χ0v) is 20.5. The van der Waals surface area contributed by atoms with Crippen molar-refractivity contribution in [2.75, 3.05) is 19.6 Å². The highest BCUT2D eigenvalue weighted by Gasteiger charge is 2.24. The Morgan fingerprint density at radius 3 is 2.57 bits per heavy atom. The van der Waals surface area contributed by atoms with E-state index in [1.807, 2.05) is 25.7 Å². The summed E-state index contributed by atoms with van der Waals surface area (Å²) in [5.41, 5.74) is 0.479. The average Bonchev–Trinajstić information content (AvgIpc) is 2.67. The molecule has 1 aromatic carbocycles. The number of likely N-dealkylation sites (tertiary alicyclic amines) is 1. The number of benzene rings is 1. The van der Waals surface area contributed by atoms with E-state index in [9.17, 15) is 13.6 Å². The van der Waals surface area contributed by atoms with Crippen molar-refractivity contribution in [1.82, 2.24) is 15.5 Å². The number of alkyl halides is 2. The molecule has 1 aliphatic rings. The molecule has 1 saturated heterocycles. The van der Waals surface area contributed by atoms with Crippen LogP contribution in [0.5, 0.6) is 5.75 Å². The van der Waals surface area contributed by atoms with E-state index in [0.717, 1.165) is 12.8 Å². The molecular formula is C20H30ClF2IN4O2. The summed E-state index contributed by atoms with van der Waals surface area (Å²) in [6, 6.07) is 4.67. The molecular weight excluding hydrogens is 529 g/mol. The number of piperidine rings is 1. The monoisotopic (exact) mass is 558 g/mol. The molecule has 1 heterocycles. The van der Waals surface area contributed by atoms with Crippen molar-refractivity contribution in [2.24, 2.45) is 10.9 Å². The van der Waals surface area contributed by atoms with Crippen molar-refractivity contribution in [3.05, 3.63) is 28.8 Å². The van der Waals surface area contributed by atoms with Crippen LogP contribution in [0.3, 0.4) is 0 Å². The van der Waals surface area contributed by atoms with Crippen molar-refractivity contribution in [2.45, 2.75) is 52.8 Å². The van der Waals surface area contributed by atoms with E-state index in [1.54, 1.807) is 6.07 Å². The number of carbonyl (C=O) groups excluding carboxylic acids is 1. The molecule has 0 aromatic heterocycles. The van der Waals surface area contributed by atoms with Crippen LogP contribution in [-0.4, -0.2) is 49.1 Å². The summed E-state index contributed by atoms with van der Waals surface area (Å²) in [5, 5.41) is 6.96. The molecule has 0 unspecified atom stereocenters. The van der Waals surface area contributed by atoms with Crippen molar-refractivity contribution >= 4 is 47.4 Å². The number of halogens is 4. The van der Waals surface area contributed by atoms with Crippen LogP contribution in [-0.2, 0) is 11.3 Å². The molecule has 0 radical (unpaired) electrons. The van der Waals surface area contributed by atoms with Crippen LogP contribution >= 0.6 is 35.6 Å². The highest BCUT2D eigenvalue weighted by Crippen LogP contribution is 2.25. The third-order valence-electron chi connectivity index (χ3n) is 4.63. The number of rotatable bonds is 7. The molecule has 6 nitrogen and oxygen atoms in total. The van der Waals surface area contributed by atoms with Crippen molar-refractivity contribution in [3.8, 4) is 5.75 Å². The van der Waals surface area contributed by atoms with Gasteiger partial charge in [0.05, 0.1) is 6.54 Å². The van der Waals surface area contributed by atoms with Crippen LogP contribution in [0.15, 0.2) is 23.2 Å². The van der Waals surface area contributed by atoms with Crippen LogP contribution in [0.4, 0.5) is 8.78 Å². The van der Waals surface area contributed by atoms with Gasteiger partial charge in [-0.25, -0.2) is 4.99 Å². The Hall–Kier alpha value is -1.36. The van der Waals surface area contributed by atoms with E-state index in [0.29, 0.717) is 36.2 Å². The first-order chi connectivity index (χ1) is 13.8. The maximum Gasteiger partial charge on any atom is 0.387 e. The standard InChI is InChI=1S/C20H29ClF2N4O2.HI/c1-4-24-20(26-16-7-9-27(10-8-16)18(28)13(2)3)25-12-14-11-15(21)5-6-17(14)29-19(22)23;/h5-6,11,13,16,19H,4,7-10,12H2,1-3H3,(H2,24,25,26);1H. The lowest BCUT2D eigenvalue weighted by molar-refractivity contribution is -0.135. The molecule has 170 valence electrons. The number of aliphatic imine (C=N–C) groups is 1. The first-order valence-electron chi connectivity index (χ1n) is 9.87. The lowest BCUT2D eigenvalue weighted by Gasteiger charge is -2.34. The third-order valence-corrected chi connectivity index (χ3v) is 4.87. The highest BCUT2D eigenvalue weighted by atomic mass is 127. The molecule has 0 bridgehead atoms. The Morgan fingerprint density at radius 2 is 2.00 bits per heavy atom. The topological polar surface area (TPSA) is 66.0 Å². The van der Waals surface area contributed by atoms with Gasteiger partial charge in [-0.1, -0.05) is 25.4 Å². The van der Waals surface area contributed by atoms with Gasteiger partial charge in [-0.05, 0) is 38.0 Å². The zero-order valence-electron chi connectivity index (χ0n) is 17.5. The average molecular weight is 559 g/mol. The van der Waals surface area contributed by atoms with Gasteiger partial charge in [0.1, 0.15) is 5.75 Å². The van der Waals surface area contributed by atoms with Crippen molar-refractivity contribution in [1.29, 1.82) is 0 Å². The first kappa shape index (κ1) is 26.7. The predicted molar refractivity (Wildman–Crippen MR) is 126 cm³/mol. The smallest absolute Gasteiger partial charge is 0.387 e. The van der Waals surface area contributed by atoms with Gasteiger partial charge in [0.2, 0.25) is 5.91 Å². The van der Waals surface area contributed by atoms with Crippen molar-refractivity contribution in [3.63, 3.8) is 0 Å². The summed E-state index contributed by atoms with van der Waals surface area (Å²) in [5.74, 6) is 0.825. The molecule has 10 heteroatoms. The van der Waals surface area contributed by atoms with E-state index in [-0.39, 0.29) is 54.1 Å². The number of nitrogens with zero attached hydrogens (tertiary/aromatic N) is 2. The van der Waals surface area contributed by atoms with Gasteiger partial charge >= 0.3 is 6.61 Å². The molecule has 0 aliphatic carbocycles. The fourth-order valence-corrected chi connectivity index (χ4v) is 3.36. The van der Waals surface area contributed by atoms with E-state index >= 15 is 0 Å². The van der Waals surface area contributed by atoms with Crippen LogP contribution in [0.2, 0.25) is 5.02 Å². The number of carbonyl (C=O) groups is 1. The summed E-state index contributed by atoms with van der Waals surface area (Å²) in [4.78, 5) is 18.5. The molecule has 1 aromatic rings. The lowest BCUT2D eigenvalue weighted by Crippen LogP contribution is -2.50. The van der Waals surface area contributed by atoms with Gasteiger partial charge in [-0.3, -0.25) is 4.79 Å². The molecule has 30 heavy (non-hydrogen) atoms. The molecule has 1 fully saturated rings. The Morgan fingerprint density at radius 1 is 1.33 bits per heavy atom. The number of nitrogens with one attached hydrogen (secondary N) is 2. The van der Waals surface area contributed by atoms with Gasteiger partial charge in [0, 0.05) is 42.2 Å². The summed E-state index contributed by atoms with van der Waals surface area (Å²) < 4.78 is 29.8. The zero-order chi connectivity index (χ0) is 21.4.